The number of hydrazine groups is 1. The van der Waals surface area contributed by atoms with Gasteiger partial charge in [-0.25, -0.2) is 4.39 Å². The van der Waals surface area contributed by atoms with Crippen molar-refractivity contribution in [2.24, 2.45) is 0 Å². The molecule has 2 rings (SSSR count). The predicted octanol–water partition coefficient (Wildman–Crippen LogP) is 0.634. The van der Waals surface area contributed by atoms with E-state index in [1.807, 2.05) is 0 Å². The Morgan fingerprint density at radius 3 is 2.47 bits per heavy atom. The third-order valence-corrected chi connectivity index (χ3v) is 4.46. The summed E-state index contributed by atoms with van der Waals surface area (Å²) in [4.78, 5) is 11.0. The lowest BCUT2D eigenvalue weighted by atomic mass is 10.3. The van der Waals surface area contributed by atoms with Gasteiger partial charge in [0.1, 0.15) is 5.82 Å². The van der Waals surface area contributed by atoms with E-state index in [2.05, 4.69) is 5.43 Å². The summed E-state index contributed by atoms with van der Waals surface area (Å²) in [5.41, 5.74) is 2.65. The van der Waals surface area contributed by atoms with Crippen LogP contribution < -0.4 is 9.73 Å². The van der Waals surface area contributed by atoms with Crippen LogP contribution in [0.1, 0.15) is 13.3 Å². The van der Waals surface area contributed by atoms with Gasteiger partial charge in [-0.3, -0.25) is 14.5 Å². The van der Waals surface area contributed by atoms with E-state index in [0.717, 1.165) is 8.72 Å². The van der Waals surface area contributed by atoms with Gasteiger partial charge < -0.3 is 0 Å². The number of hydrogen-bond acceptors (Lipinski definition) is 3. The molecule has 1 aromatic rings. The summed E-state index contributed by atoms with van der Waals surface area (Å²) in [7, 11) is -3.81. The van der Waals surface area contributed by atoms with Gasteiger partial charge in [-0.05, 0) is 30.7 Å². The largest absolute Gasteiger partial charge is 0.321 e. The van der Waals surface area contributed by atoms with Gasteiger partial charge in [0.05, 0.1) is 5.69 Å². The monoisotopic (exact) mass is 287 g/mol. The topological polar surface area (TPSA) is 69.7 Å². The molecule has 1 aliphatic rings. The number of anilines is 1. The van der Waals surface area contributed by atoms with Gasteiger partial charge in [0.15, 0.2) is 0 Å². The van der Waals surface area contributed by atoms with Crippen molar-refractivity contribution in [1.82, 2.24) is 9.84 Å². The molecule has 1 saturated heterocycles. The number of halogens is 1. The summed E-state index contributed by atoms with van der Waals surface area (Å²) >= 11 is 0. The Hall–Kier alpha value is -1.67. The van der Waals surface area contributed by atoms with E-state index in [-0.39, 0.29) is 6.54 Å². The highest BCUT2D eigenvalue weighted by Crippen LogP contribution is 2.23. The molecule has 1 aromatic carbocycles. The van der Waals surface area contributed by atoms with E-state index < -0.39 is 21.9 Å². The molecule has 8 heteroatoms. The first kappa shape index (κ1) is 13.8. The van der Waals surface area contributed by atoms with Gasteiger partial charge in [0, 0.05) is 20.0 Å². The molecule has 104 valence electrons. The maximum atomic E-state index is 12.9. The van der Waals surface area contributed by atoms with Crippen molar-refractivity contribution in [3.8, 4) is 0 Å². The number of hydrogen-bond donors (Lipinski definition) is 1. The van der Waals surface area contributed by atoms with Crippen molar-refractivity contribution in [3.05, 3.63) is 30.1 Å². The average Bonchev–Trinajstić information content (AvgIpc) is 2.33. The van der Waals surface area contributed by atoms with Crippen molar-refractivity contribution in [3.63, 3.8) is 0 Å². The van der Waals surface area contributed by atoms with Crippen LogP contribution in [0.25, 0.3) is 0 Å². The molecule has 0 saturated carbocycles. The molecule has 0 atom stereocenters. The van der Waals surface area contributed by atoms with Gasteiger partial charge in [0.25, 0.3) is 0 Å². The molecular weight excluding hydrogens is 273 g/mol. The molecule has 0 unspecified atom stereocenters. The van der Waals surface area contributed by atoms with E-state index in [4.69, 9.17) is 0 Å². The number of benzene rings is 1. The minimum atomic E-state index is -3.81. The molecule has 0 aliphatic carbocycles. The first-order valence-corrected chi connectivity index (χ1v) is 7.14. The van der Waals surface area contributed by atoms with Crippen LogP contribution in [0, 0.1) is 5.82 Å². The minimum Gasteiger partial charge on any atom is -0.274 e. The van der Waals surface area contributed by atoms with Crippen LogP contribution in [0.15, 0.2) is 24.3 Å². The molecule has 6 nitrogen and oxygen atoms in total. The van der Waals surface area contributed by atoms with Crippen LogP contribution in [-0.2, 0) is 15.0 Å². The lowest BCUT2D eigenvalue weighted by Crippen LogP contribution is -2.56. The number of carbonyl (C=O) groups is 1. The fourth-order valence-corrected chi connectivity index (χ4v) is 3.46. The number of nitrogens with zero attached hydrogens (tertiary/aromatic N) is 2. The minimum absolute atomic E-state index is 0.222. The zero-order valence-corrected chi connectivity index (χ0v) is 11.2. The zero-order chi connectivity index (χ0) is 14.0. The number of amides is 1. The molecule has 0 aromatic heterocycles. The predicted molar refractivity (Wildman–Crippen MR) is 67.8 cm³/mol. The molecule has 1 amide bonds. The standard InChI is InChI=1S/C11H14FN3O3S/c1-9(16)13-15-8-2-7-14(19(15,17)18)11-5-3-10(12)4-6-11/h3-6H,2,7-8H2,1H3,(H,13,16). The van der Waals surface area contributed by atoms with Crippen molar-refractivity contribution < 1.29 is 17.6 Å². The van der Waals surface area contributed by atoms with E-state index >= 15 is 0 Å². The van der Waals surface area contributed by atoms with E-state index in [1.165, 1.54) is 31.2 Å². The Morgan fingerprint density at radius 1 is 1.26 bits per heavy atom. The molecule has 0 spiro atoms. The zero-order valence-electron chi connectivity index (χ0n) is 10.3. The fourth-order valence-electron chi connectivity index (χ4n) is 1.87. The average molecular weight is 287 g/mol. The normalized spacial score (nSPS) is 19.2. The number of nitrogens with one attached hydrogen (secondary N) is 1. The van der Waals surface area contributed by atoms with E-state index in [9.17, 15) is 17.6 Å². The first-order valence-electron chi connectivity index (χ1n) is 5.74. The Bertz CT molecular complexity index is 573. The Kier molecular flexibility index (Phi) is 3.72. The maximum absolute atomic E-state index is 12.9. The fraction of sp³-hybridized carbons (Fsp3) is 0.364. The van der Waals surface area contributed by atoms with Crippen LogP contribution in [0.4, 0.5) is 10.1 Å². The third-order valence-electron chi connectivity index (χ3n) is 2.68. The van der Waals surface area contributed by atoms with Crippen LogP contribution in [0.3, 0.4) is 0 Å². The van der Waals surface area contributed by atoms with Gasteiger partial charge in [-0.15, -0.1) is 0 Å². The first-order chi connectivity index (χ1) is 8.91. The van der Waals surface area contributed by atoms with Crippen LogP contribution in [0.5, 0.6) is 0 Å². The second-order valence-corrected chi connectivity index (χ2v) is 5.93. The second kappa shape index (κ2) is 5.14. The summed E-state index contributed by atoms with van der Waals surface area (Å²) in [6.45, 7) is 1.76. The lowest BCUT2D eigenvalue weighted by Gasteiger charge is -2.35. The maximum Gasteiger partial charge on any atom is 0.321 e. The summed E-state index contributed by atoms with van der Waals surface area (Å²) in [6.07, 6.45) is 0.566. The van der Waals surface area contributed by atoms with Crippen LogP contribution in [0.2, 0.25) is 0 Å². The molecule has 19 heavy (non-hydrogen) atoms. The second-order valence-electron chi connectivity index (χ2n) is 4.15. The molecule has 1 fully saturated rings. The van der Waals surface area contributed by atoms with Crippen molar-refractivity contribution in [2.75, 3.05) is 17.4 Å². The third kappa shape index (κ3) is 2.85. The Morgan fingerprint density at radius 2 is 1.89 bits per heavy atom. The van der Waals surface area contributed by atoms with Crippen molar-refractivity contribution >= 4 is 21.8 Å². The Labute approximate surface area is 111 Å². The highest BCUT2D eigenvalue weighted by molar-refractivity contribution is 7.90. The molecule has 0 radical (unpaired) electrons. The van der Waals surface area contributed by atoms with Gasteiger partial charge in [0.2, 0.25) is 5.91 Å². The van der Waals surface area contributed by atoms with Crippen molar-refractivity contribution in [1.29, 1.82) is 0 Å². The van der Waals surface area contributed by atoms with Crippen molar-refractivity contribution in [2.45, 2.75) is 13.3 Å². The molecule has 0 bridgehead atoms. The van der Waals surface area contributed by atoms with Crippen LogP contribution in [-0.4, -0.2) is 31.8 Å². The SMILES string of the molecule is CC(=O)NN1CCCN(c2ccc(F)cc2)S1(=O)=O. The molecule has 1 N–H and O–H groups in total. The summed E-state index contributed by atoms with van der Waals surface area (Å²) in [6, 6.07) is 5.18. The highest BCUT2D eigenvalue weighted by atomic mass is 32.2. The summed E-state index contributed by atoms with van der Waals surface area (Å²) in [5.74, 6) is -0.888. The van der Waals surface area contributed by atoms with E-state index in [1.54, 1.807) is 0 Å². The van der Waals surface area contributed by atoms with Gasteiger partial charge in [-0.1, -0.05) is 4.41 Å². The molecular formula is C11H14FN3O3S. The molecule has 1 aliphatic heterocycles. The molecule has 1 heterocycles. The lowest BCUT2D eigenvalue weighted by molar-refractivity contribution is -0.121. The quantitative estimate of drug-likeness (QED) is 0.867. The highest BCUT2D eigenvalue weighted by Gasteiger charge is 2.34. The summed E-state index contributed by atoms with van der Waals surface area (Å²) in [5, 5.41) is 0. The van der Waals surface area contributed by atoms with Gasteiger partial charge in [-0.2, -0.15) is 8.42 Å². The number of rotatable bonds is 2. The summed E-state index contributed by atoms with van der Waals surface area (Å²) < 4.78 is 39.5. The van der Waals surface area contributed by atoms with Crippen LogP contribution >= 0.6 is 0 Å². The number of carbonyl (C=O) groups excluding carboxylic acids is 1. The van der Waals surface area contributed by atoms with Gasteiger partial charge >= 0.3 is 10.2 Å². The smallest absolute Gasteiger partial charge is 0.274 e. The van der Waals surface area contributed by atoms with E-state index in [0.29, 0.717) is 18.7 Å². The Balaban J connectivity index is 2.30.